The number of rotatable bonds is 5. The van der Waals surface area contributed by atoms with Gasteiger partial charge in [-0.25, -0.2) is 13.8 Å². The van der Waals surface area contributed by atoms with E-state index in [4.69, 9.17) is 19.9 Å². The Labute approximate surface area is 172 Å². The summed E-state index contributed by atoms with van der Waals surface area (Å²) in [6, 6.07) is 6.83. The fourth-order valence-electron chi connectivity index (χ4n) is 3.53. The molecule has 0 unspecified atom stereocenters. The van der Waals surface area contributed by atoms with Gasteiger partial charge >= 0.3 is 0 Å². The molecule has 1 aromatic heterocycles. The molecular formula is C21H22F2N4O3. The second-order valence-electron chi connectivity index (χ2n) is 7.01. The maximum atomic E-state index is 13.8. The van der Waals surface area contributed by atoms with Gasteiger partial charge in [0.05, 0.1) is 19.7 Å². The molecule has 7 nitrogen and oxygen atoms in total. The summed E-state index contributed by atoms with van der Waals surface area (Å²) >= 11 is 0. The van der Waals surface area contributed by atoms with Gasteiger partial charge in [0.2, 0.25) is 5.95 Å². The molecule has 0 amide bonds. The molecule has 1 saturated heterocycles. The van der Waals surface area contributed by atoms with Crippen molar-refractivity contribution in [2.24, 2.45) is 0 Å². The summed E-state index contributed by atoms with van der Waals surface area (Å²) < 4.78 is 43.3. The summed E-state index contributed by atoms with van der Waals surface area (Å²) in [4.78, 5) is 11.1. The van der Waals surface area contributed by atoms with Crippen molar-refractivity contribution < 1.29 is 23.0 Å². The Morgan fingerprint density at radius 3 is 2.33 bits per heavy atom. The van der Waals surface area contributed by atoms with Crippen molar-refractivity contribution in [2.75, 3.05) is 37.9 Å². The van der Waals surface area contributed by atoms with Crippen LogP contribution in [0.2, 0.25) is 0 Å². The summed E-state index contributed by atoms with van der Waals surface area (Å²) in [7, 11) is 3.11. The number of piperidine rings is 1. The number of nitrogens with zero attached hydrogens (tertiary/aromatic N) is 3. The number of nitrogen functional groups attached to an aromatic ring is 1. The van der Waals surface area contributed by atoms with Crippen LogP contribution >= 0.6 is 0 Å². The number of halogens is 2. The van der Waals surface area contributed by atoms with Gasteiger partial charge in [0, 0.05) is 43.5 Å². The van der Waals surface area contributed by atoms with Gasteiger partial charge in [-0.05, 0) is 18.2 Å². The third-order valence-electron chi connectivity index (χ3n) is 5.13. The highest BCUT2D eigenvalue weighted by Gasteiger charge is 2.24. The molecule has 30 heavy (non-hydrogen) atoms. The van der Waals surface area contributed by atoms with E-state index in [1.807, 2.05) is 4.90 Å². The Hall–Kier alpha value is -3.36. The monoisotopic (exact) mass is 416 g/mol. The van der Waals surface area contributed by atoms with Crippen LogP contribution in [0.4, 0.5) is 20.5 Å². The molecule has 1 aliphatic rings. The third kappa shape index (κ3) is 3.87. The van der Waals surface area contributed by atoms with Crippen molar-refractivity contribution in [3.05, 3.63) is 42.0 Å². The highest BCUT2D eigenvalue weighted by molar-refractivity contribution is 5.91. The van der Waals surface area contributed by atoms with E-state index in [1.165, 1.54) is 12.1 Å². The van der Waals surface area contributed by atoms with E-state index >= 15 is 0 Å². The second-order valence-corrected chi connectivity index (χ2v) is 7.01. The van der Waals surface area contributed by atoms with Crippen LogP contribution in [0.3, 0.4) is 0 Å². The van der Waals surface area contributed by atoms with E-state index in [1.54, 1.807) is 26.4 Å². The van der Waals surface area contributed by atoms with Gasteiger partial charge in [0.15, 0.2) is 23.1 Å². The maximum absolute atomic E-state index is 13.8. The molecule has 9 heteroatoms. The molecule has 1 fully saturated rings. The summed E-state index contributed by atoms with van der Waals surface area (Å²) in [5.41, 5.74) is 6.82. The van der Waals surface area contributed by atoms with E-state index in [9.17, 15) is 8.78 Å². The number of anilines is 2. The standard InChI is InChI=1S/C21H22F2N4O3/c1-28-18-10-14-16(11-19(18)29-2)25-21(26-20(14)24)27-7-5-13(6-8-27)30-17-4-3-12(22)9-15(17)23/h3-4,9-11,13H,5-8H2,1-2H3,(H2,24,25,26). The van der Waals surface area contributed by atoms with Crippen molar-refractivity contribution in [3.63, 3.8) is 0 Å². The van der Waals surface area contributed by atoms with Crippen LogP contribution < -0.4 is 24.8 Å². The smallest absolute Gasteiger partial charge is 0.227 e. The number of ether oxygens (including phenoxy) is 3. The van der Waals surface area contributed by atoms with Crippen molar-refractivity contribution >= 4 is 22.7 Å². The fourth-order valence-corrected chi connectivity index (χ4v) is 3.53. The van der Waals surface area contributed by atoms with Crippen LogP contribution in [0.15, 0.2) is 30.3 Å². The van der Waals surface area contributed by atoms with Crippen molar-refractivity contribution in [1.82, 2.24) is 9.97 Å². The molecule has 0 bridgehead atoms. The van der Waals surface area contributed by atoms with Crippen LogP contribution in [-0.2, 0) is 0 Å². The quantitative estimate of drug-likeness (QED) is 0.681. The number of hydrogen-bond acceptors (Lipinski definition) is 7. The zero-order chi connectivity index (χ0) is 21.3. The number of fused-ring (bicyclic) bond motifs is 1. The van der Waals surface area contributed by atoms with Crippen LogP contribution in [0.1, 0.15) is 12.8 Å². The molecule has 0 spiro atoms. The lowest BCUT2D eigenvalue weighted by Gasteiger charge is -2.32. The number of methoxy groups -OCH3 is 2. The highest BCUT2D eigenvalue weighted by Crippen LogP contribution is 2.34. The first-order valence-electron chi connectivity index (χ1n) is 9.54. The molecule has 4 rings (SSSR count). The van der Waals surface area contributed by atoms with E-state index in [-0.39, 0.29) is 11.9 Å². The van der Waals surface area contributed by atoms with Crippen molar-refractivity contribution in [3.8, 4) is 17.2 Å². The normalized spacial score (nSPS) is 14.7. The molecule has 0 atom stereocenters. The zero-order valence-electron chi connectivity index (χ0n) is 16.7. The Morgan fingerprint density at radius 1 is 0.967 bits per heavy atom. The largest absolute Gasteiger partial charge is 0.493 e. The van der Waals surface area contributed by atoms with Gasteiger partial charge in [-0.3, -0.25) is 0 Å². The Kier molecular flexibility index (Phi) is 5.43. The van der Waals surface area contributed by atoms with Crippen LogP contribution in [0, 0.1) is 11.6 Å². The van der Waals surface area contributed by atoms with E-state index in [2.05, 4.69) is 9.97 Å². The van der Waals surface area contributed by atoms with Gasteiger partial charge in [-0.1, -0.05) is 0 Å². The third-order valence-corrected chi connectivity index (χ3v) is 5.13. The molecule has 1 aliphatic heterocycles. The van der Waals surface area contributed by atoms with E-state index in [0.29, 0.717) is 60.1 Å². The fraction of sp³-hybridized carbons (Fsp3) is 0.333. The lowest BCUT2D eigenvalue weighted by atomic mass is 10.1. The molecule has 0 aliphatic carbocycles. The minimum Gasteiger partial charge on any atom is -0.493 e. The summed E-state index contributed by atoms with van der Waals surface area (Å²) in [6.07, 6.45) is 1.11. The summed E-state index contributed by atoms with van der Waals surface area (Å²) in [5.74, 6) is 0.701. The number of nitrogens with two attached hydrogens (primary N) is 1. The molecule has 0 radical (unpaired) electrons. The van der Waals surface area contributed by atoms with Crippen molar-refractivity contribution in [2.45, 2.75) is 18.9 Å². The first kappa shape index (κ1) is 19.9. The lowest BCUT2D eigenvalue weighted by Crippen LogP contribution is -2.39. The maximum Gasteiger partial charge on any atom is 0.227 e. The average molecular weight is 416 g/mol. The first-order chi connectivity index (χ1) is 14.5. The van der Waals surface area contributed by atoms with E-state index < -0.39 is 11.6 Å². The first-order valence-corrected chi connectivity index (χ1v) is 9.54. The Bertz CT molecular complexity index is 1070. The summed E-state index contributed by atoms with van der Waals surface area (Å²) in [5, 5.41) is 0.682. The van der Waals surface area contributed by atoms with Crippen LogP contribution in [-0.4, -0.2) is 43.4 Å². The van der Waals surface area contributed by atoms with Gasteiger partial charge in [0.1, 0.15) is 17.7 Å². The number of aromatic nitrogens is 2. The molecule has 2 heterocycles. The Morgan fingerprint density at radius 2 is 1.67 bits per heavy atom. The summed E-state index contributed by atoms with van der Waals surface area (Å²) in [6.45, 7) is 1.23. The minimum absolute atomic E-state index is 0.0575. The zero-order valence-corrected chi connectivity index (χ0v) is 16.7. The molecule has 158 valence electrons. The lowest BCUT2D eigenvalue weighted by molar-refractivity contribution is 0.163. The molecular weight excluding hydrogens is 394 g/mol. The molecule has 3 aromatic rings. The molecule has 0 saturated carbocycles. The van der Waals surface area contributed by atoms with Crippen LogP contribution in [0.5, 0.6) is 17.2 Å². The SMILES string of the molecule is COc1cc2nc(N3CCC(Oc4ccc(F)cc4F)CC3)nc(N)c2cc1OC. The van der Waals surface area contributed by atoms with E-state index in [0.717, 1.165) is 6.07 Å². The van der Waals surface area contributed by atoms with Gasteiger partial charge in [-0.2, -0.15) is 4.98 Å². The van der Waals surface area contributed by atoms with Gasteiger partial charge < -0.3 is 24.8 Å². The number of hydrogen-bond donors (Lipinski definition) is 1. The van der Waals surface area contributed by atoms with Crippen molar-refractivity contribution in [1.29, 1.82) is 0 Å². The number of benzene rings is 2. The van der Waals surface area contributed by atoms with Crippen LogP contribution in [0.25, 0.3) is 10.9 Å². The second kappa shape index (κ2) is 8.17. The average Bonchev–Trinajstić information content (AvgIpc) is 2.75. The highest BCUT2D eigenvalue weighted by atomic mass is 19.1. The predicted molar refractivity (Wildman–Crippen MR) is 109 cm³/mol. The minimum atomic E-state index is -0.701. The predicted octanol–water partition coefficient (Wildman–Crippen LogP) is 3.56. The molecule has 2 N–H and O–H groups in total. The molecule has 2 aromatic carbocycles. The van der Waals surface area contributed by atoms with Gasteiger partial charge in [-0.15, -0.1) is 0 Å². The van der Waals surface area contributed by atoms with Gasteiger partial charge in [0.25, 0.3) is 0 Å². The Balaban J connectivity index is 1.50. The topological polar surface area (TPSA) is 82.7 Å².